The maximum Gasteiger partial charge on any atom is 0.277 e. The van der Waals surface area contributed by atoms with Gasteiger partial charge in [0, 0.05) is 17.6 Å². The van der Waals surface area contributed by atoms with Gasteiger partial charge in [-0.1, -0.05) is 17.3 Å². The molecular formula is C12H11ClN2O2. The Morgan fingerprint density at radius 1 is 1.47 bits per heavy atom. The predicted molar refractivity (Wildman–Crippen MR) is 65.2 cm³/mol. The van der Waals surface area contributed by atoms with E-state index in [0.717, 1.165) is 16.8 Å². The van der Waals surface area contributed by atoms with Crippen LogP contribution in [0, 0.1) is 6.92 Å². The lowest BCUT2D eigenvalue weighted by atomic mass is 10.1. The normalized spacial score (nSPS) is 10.2. The highest BCUT2D eigenvalue weighted by molar-refractivity contribution is 6.17. The third kappa shape index (κ3) is 2.65. The first-order chi connectivity index (χ1) is 8.20. The van der Waals surface area contributed by atoms with Crippen molar-refractivity contribution in [2.75, 3.05) is 5.32 Å². The van der Waals surface area contributed by atoms with E-state index in [1.54, 1.807) is 0 Å². The van der Waals surface area contributed by atoms with E-state index in [2.05, 4.69) is 15.0 Å². The standard InChI is InChI=1S/C12H11ClN2O2/c1-8-6-9(7-13)2-3-10(8)14-12(16)11-4-5-17-15-11/h2-6H,7H2,1H3,(H,14,16). The molecule has 0 aliphatic heterocycles. The number of anilines is 1. The Labute approximate surface area is 104 Å². The van der Waals surface area contributed by atoms with Crippen LogP contribution in [-0.4, -0.2) is 11.1 Å². The number of carbonyl (C=O) groups is 1. The Morgan fingerprint density at radius 2 is 2.29 bits per heavy atom. The molecule has 1 heterocycles. The van der Waals surface area contributed by atoms with E-state index in [1.807, 2.05) is 25.1 Å². The van der Waals surface area contributed by atoms with Gasteiger partial charge in [0.1, 0.15) is 6.26 Å². The van der Waals surface area contributed by atoms with Crippen molar-refractivity contribution in [1.82, 2.24) is 5.16 Å². The zero-order chi connectivity index (χ0) is 12.3. The molecule has 2 aromatic rings. The minimum Gasteiger partial charge on any atom is -0.364 e. The third-order valence-corrected chi connectivity index (χ3v) is 2.67. The SMILES string of the molecule is Cc1cc(CCl)ccc1NC(=O)c1ccon1. The molecule has 1 aromatic heterocycles. The number of nitrogens with one attached hydrogen (secondary N) is 1. The summed E-state index contributed by atoms with van der Waals surface area (Å²) in [6, 6.07) is 7.15. The maximum atomic E-state index is 11.7. The number of hydrogen-bond donors (Lipinski definition) is 1. The van der Waals surface area contributed by atoms with E-state index in [-0.39, 0.29) is 11.6 Å². The second kappa shape index (κ2) is 5.01. The molecule has 0 bridgehead atoms. The Balaban J connectivity index is 2.16. The van der Waals surface area contributed by atoms with Crippen molar-refractivity contribution >= 4 is 23.2 Å². The monoisotopic (exact) mass is 250 g/mol. The average molecular weight is 251 g/mol. The first-order valence-corrected chi connectivity index (χ1v) is 5.61. The van der Waals surface area contributed by atoms with Crippen LogP contribution < -0.4 is 5.32 Å². The molecule has 0 radical (unpaired) electrons. The molecule has 0 saturated carbocycles. The first kappa shape index (κ1) is 11.7. The molecule has 2 rings (SSSR count). The number of aromatic nitrogens is 1. The van der Waals surface area contributed by atoms with Crippen LogP contribution in [0.4, 0.5) is 5.69 Å². The molecule has 4 nitrogen and oxygen atoms in total. The van der Waals surface area contributed by atoms with Crippen LogP contribution in [0.25, 0.3) is 0 Å². The van der Waals surface area contributed by atoms with Crippen LogP contribution >= 0.6 is 11.6 Å². The molecule has 88 valence electrons. The highest BCUT2D eigenvalue weighted by atomic mass is 35.5. The van der Waals surface area contributed by atoms with Crippen LogP contribution in [0.15, 0.2) is 35.1 Å². The highest BCUT2D eigenvalue weighted by Crippen LogP contribution is 2.18. The summed E-state index contributed by atoms with van der Waals surface area (Å²) in [5, 5.41) is 6.33. The fourth-order valence-corrected chi connectivity index (χ4v) is 1.63. The zero-order valence-corrected chi connectivity index (χ0v) is 9.99. The summed E-state index contributed by atoms with van der Waals surface area (Å²) in [6.07, 6.45) is 1.36. The molecule has 17 heavy (non-hydrogen) atoms. The number of halogens is 1. The average Bonchev–Trinajstić information content (AvgIpc) is 2.85. The quantitative estimate of drug-likeness (QED) is 0.852. The van der Waals surface area contributed by atoms with E-state index in [4.69, 9.17) is 11.6 Å². The Bertz CT molecular complexity index is 523. The van der Waals surface area contributed by atoms with Gasteiger partial charge < -0.3 is 9.84 Å². The summed E-state index contributed by atoms with van der Waals surface area (Å²) >= 11 is 5.73. The molecule has 0 aliphatic carbocycles. The number of aryl methyl sites for hydroxylation is 1. The zero-order valence-electron chi connectivity index (χ0n) is 9.24. The predicted octanol–water partition coefficient (Wildman–Crippen LogP) is 2.97. The summed E-state index contributed by atoms with van der Waals surface area (Å²) < 4.78 is 4.61. The lowest BCUT2D eigenvalue weighted by molar-refractivity contribution is 0.101. The minimum absolute atomic E-state index is 0.255. The van der Waals surface area contributed by atoms with Crippen LogP contribution in [0.5, 0.6) is 0 Å². The van der Waals surface area contributed by atoms with E-state index in [1.165, 1.54) is 12.3 Å². The second-order valence-corrected chi connectivity index (χ2v) is 3.89. The molecule has 1 N–H and O–H groups in total. The number of benzene rings is 1. The second-order valence-electron chi connectivity index (χ2n) is 3.62. The fraction of sp³-hybridized carbons (Fsp3) is 0.167. The molecular weight excluding hydrogens is 240 g/mol. The highest BCUT2D eigenvalue weighted by Gasteiger charge is 2.10. The summed E-state index contributed by atoms with van der Waals surface area (Å²) in [4.78, 5) is 11.7. The smallest absolute Gasteiger partial charge is 0.277 e. The lowest BCUT2D eigenvalue weighted by Gasteiger charge is -2.07. The summed E-state index contributed by atoms with van der Waals surface area (Å²) in [6.45, 7) is 1.91. The maximum absolute atomic E-state index is 11.7. The van der Waals surface area contributed by atoms with E-state index < -0.39 is 0 Å². The van der Waals surface area contributed by atoms with Crippen molar-refractivity contribution in [3.63, 3.8) is 0 Å². The minimum atomic E-state index is -0.291. The number of rotatable bonds is 3. The van der Waals surface area contributed by atoms with E-state index in [9.17, 15) is 4.79 Å². The molecule has 0 fully saturated rings. The Kier molecular flexibility index (Phi) is 3.44. The lowest BCUT2D eigenvalue weighted by Crippen LogP contribution is -2.13. The van der Waals surface area contributed by atoms with Crippen LogP contribution in [0.1, 0.15) is 21.6 Å². The number of alkyl halides is 1. The van der Waals surface area contributed by atoms with E-state index >= 15 is 0 Å². The van der Waals surface area contributed by atoms with Crippen molar-refractivity contribution in [1.29, 1.82) is 0 Å². The molecule has 1 amide bonds. The molecule has 0 saturated heterocycles. The van der Waals surface area contributed by atoms with E-state index in [0.29, 0.717) is 5.88 Å². The van der Waals surface area contributed by atoms with Crippen molar-refractivity contribution in [3.8, 4) is 0 Å². The number of amides is 1. The van der Waals surface area contributed by atoms with Gasteiger partial charge in [-0.2, -0.15) is 0 Å². The molecule has 0 unspecified atom stereocenters. The number of nitrogens with zero attached hydrogens (tertiary/aromatic N) is 1. The molecule has 0 spiro atoms. The van der Waals surface area contributed by atoms with Gasteiger partial charge in [-0.15, -0.1) is 11.6 Å². The fourth-order valence-electron chi connectivity index (χ4n) is 1.47. The van der Waals surface area contributed by atoms with Crippen molar-refractivity contribution < 1.29 is 9.32 Å². The third-order valence-electron chi connectivity index (χ3n) is 2.36. The van der Waals surface area contributed by atoms with Crippen molar-refractivity contribution in [2.45, 2.75) is 12.8 Å². The molecule has 5 heteroatoms. The van der Waals surface area contributed by atoms with Gasteiger partial charge in [0.2, 0.25) is 0 Å². The Hall–Kier alpha value is -1.81. The Morgan fingerprint density at radius 3 is 2.88 bits per heavy atom. The van der Waals surface area contributed by atoms with Gasteiger partial charge in [-0.25, -0.2) is 0 Å². The summed E-state index contributed by atoms with van der Waals surface area (Å²) in [5.41, 5.74) is 2.97. The van der Waals surface area contributed by atoms with Crippen LogP contribution in [0.3, 0.4) is 0 Å². The van der Waals surface area contributed by atoms with Gasteiger partial charge in [-0.05, 0) is 24.1 Å². The number of hydrogen-bond acceptors (Lipinski definition) is 3. The first-order valence-electron chi connectivity index (χ1n) is 5.08. The van der Waals surface area contributed by atoms with Crippen LogP contribution in [-0.2, 0) is 5.88 Å². The van der Waals surface area contributed by atoms with Gasteiger partial charge >= 0.3 is 0 Å². The van der Waals surface area contributed by atoms with Crippen molar-refractivity contribution in [3.05, 3.63) is 47.3 Å². The van der Waals surface area contributed by atoms with Crippen LogP contribution in [0.2, 0.25) is 0 Å². The van der Waals surface area contributed by atoms with Gasteiger partial charge in [0.25, 0.3) is 5.91 Å². The molecule has 0 aliphatic rings. The molecule has 1 aromatic carbocycles. The topological polar surface area (TPSA) is 55.1 Å². The van der Waals surface area contributed by atoms with Gasteiger partial charge in [0.05, 0.1) is 0 Å². The number of carbonyl (C=O) groups excluding carboxylic acids is 1. The summed E-state index contributed by atoms with van der Waals surface area (Å²) in [5.74, 6) is 0.165. The molecule has 0 atom stereocenters. The summed E-state index contributed by atoms with van der Waals surface area (Å²) in [7, 11) is 0. The largest absolute Gasteiger partial charge is 0.364 e. The van der Waals surface area contributed by atoms with Gasteiger partial charge in [0.15, 0.2) is 5.69 Å². The van der Waals surface area contributed by atoms with Gasteiger partial charge in [-0.3, -0.25) is 4.79 Å². The van der Waals surface area contributed by atoms with Crippen molar-refractivity contribution in [2.24, 2.45) is 0 Å².